The van der Waals surface area contributed by atoms with Crippen LogP contribution < -0.4 is 15.2 Å². The maximum atomic E-state index is 11.7. The summed E-state index contributed by atoms with van der Waals surface area (Å²) in [5, 5.41) is 0.270. The molecule has 0 aromatic heterocycles. The molecule has 1 unspecified atom stereocenters. The van der Waals surface area contributed by atoms with Crippen LogP contribution in [-0.4, -0.2) is 22.1 Å². The maximum Gasteiger partial charge on any atom is 0.240 e. The number of benzene rings is 1. The second-order valence-corrected chi connectivity index (χ2v) is 6.07. The molecule has 0 spiro atoms. The zero-order valence-electron chi connectivity index (χ0n) is 9.23. The molecule has 0 amide bonds. The third-order valence-corrected chi connectivity index (χ3v) is 4.37. The van der Waals surface area contributed by atoms with E-state index >= 15 is 0 Å². The maximum absolute atomic E-state index is 11.7. The van der Waals surface area contributed by atoms with E-state index in [9.17, 15) is 8.42 Å². The Kier molecular flexibility index (Phi) is 3.31. The van der Waals surface area contributed by atoms with E-state index in [1.54, 1.807) is 0 Å². The first kappa shape index (κ1) is 12.6. The van der Waals surface area contributed by atoms with E-state index in [0.29, 0.717) is 24.3 Å². The first-order valence-corrected chi connectivity index (χ1v) is 6.97. The standard InChI is InChI=1S/C10H13ClN2O3S/c1-13-17(14,15)6-4-7-9(12)2-3-16-10(7)8(11)5-6/h4-5,9,13H,2-3,12H2,1H3. The summed E-state index contributed by atoms with van der Waals surface area (Å²) in [4.78, 5) is 0.102. The predicted molar refractivity (Wildman–Crippen MR) is 64.7 cm³/mol. The van der Waals surface area contributed by atoms with Crippen LogP contribution in [0.1, 0.15) is 18.0 Å². The number of hydrogen-bond acceptors (Lipinski definition) is 4. The van der Waals surface area contributed by atoms with Crippen LogP contribution in [-0.2, 0) is 10.0 Å². The van der Waals surface area contributed by atoms with Crippen molar-refractivity contribution < 1.29 is 13.2 Å². The molecule has 1 atom stereocenters. The molecule has 94 valence electrons. The minimum absolute atomic E-state index is 0.102. The van der Waals surface area contributed by atoms with Gasteiger partial charge < -0.3 is 10.5 Å². The van der Waals surface area contributed by atoms with Crippen molar-refractivity contribution in [1.82, 2.24) is 4.72 Å². The Labute approximate surface area is 105 Å². The molecule has 2 rings (SSSR count). The lowest BCUT2D eigenvalue weighted by Gasteiger charge is -2.24. The lowest BCUT2D eigenvalue weighted by atomic mass is 10.0. The van der Waals surface area contributed by atoms with E-state index in [1.165, 1.54) is 19.2 Å². The quantitative estimate of drug-likeness (QED) is 0.845. The normalized spacial score (nSPS) is 19.6. The van der Waals surface area contributed by atoms with Crippen LogP contribution in [0, 0.1) is 0 Å². The first-order valence-electron chi connectivity index (χ1n) is 5.11. The molecule has 1 heterocycles. The Balaban J connectivity index is 2.61. The van der Waals surface area contributed by atoms with Gasteiger partial charge >= 0.3 is 0 Å². The fourth-order valence-electron chi connectivity index (χ4n) is 1.73. The van der Waals surface area contributed by atoms with Gasteiger partial charge in [0.25, 0.3) is 0 Å². The summed E-state index contributed by atoms with van der Waals surface area (Å²) < 4.78 is 31.0. The molecular weight excluding hydrogens is 264 g/mol. The van der Waals surface area contributed by atoms with Gasteiger partial charge in [0.1, 0.15) is 5.75 Å². The summed E-state index contributed by atoms with van der Waals surface area (Å²) in [5.74, 6) is 0.487. The first-order chi connectivity index (χ1) is 7.95. The second-order valence-electron chi connectivity index (χ2n) is 3.77. The highest BCUT2D eigenvalue weighted by Gasteiger charge is 2.24. The molecule has 1 aromatic rings. The SMILES string of the molecule is CNS(=O)(=O)c1cc(Cl)c2c(c1)C(N)CCO2. The molecular formula is C10H13ClN2O3S. The molecule has 0 bridgehead atoms. The minimum atomic E-state index is -3.52. The summed E-state index contributed by atoms with van der Waals surface area (Å²) in [7, 11) is -2.18. The average molecular weight is 277 g/mol. The molecule has 17 heavy (non-hydrogen) atoms. The zero-order valence-corrected chi connectivity index (χ0v) is 10.8. The molecule has 3 N–H and O–H groups in total. The van der Waals surface area contributed by atoms with Crippen molar-refractivity contribution in [2.75, 3.05) is 13.7 Å². The Morgan fingerprint density at radius 2 is 2.24 bits per heavy atom. The Hall–Kier alpha value is -0.820. The highest BCUT2D eigenvalue weighted by atomic mass is 35.5. The minimum Gasteiger partial charge on any atom is -0.492 e. The van der Waals surface area contributed by atoms with E-state index in [4.69, 9.17) is 22.1 Å². The van der Waals surface area contributed by atoms with Crippen molar-refractivity contribution in [1.29, 1.82) is 0 Å². The van der Waals surface area contributed by atoms with Crippen LogP contribution >= 0.6 is 11.6 Å². The van der Waals surface area contributed by atoms with E-state index < -0.39 is 10.0 Å². The molecule has 0 aliphatic carbocycles. The van der Waals surface area contributed by atoms with Crippen molar-refractivity contribution >= 4 is 21.6 Å². The number of nitrogens with one attached hydrogen (secondary N) is 1. The molecule has 1 aliphatic rings. The van der Waals surface area contributed by atoms with Gasteiger partial charge in [-0.2, -0.15) is 0 Å². The number of ether oxygens (including phenoxy) is 1. The Morgan fingerprint density at radius 3 is 2.88 bits per heavy atom. The number of rotatable bonds is 2. The van der Waals surface area contributed by atoms with Gasteiger partial charge in [-0.15, -0.1) is 0 Å². The van der Waals surface area contributed by atoms with Gasteiger partial charge in [0.2, 0.25) is 10.0 Å². The van der Waals surface area contributed by atoms with Crippen LogP contribution in [0.2, 0.25) is 5.02 Å². The van der Waals surface area contributed by atoms with Crippen molar-refractivity contribution in [2.24, 2.45) is 5.73 Å². The van der Waals surface area contributed by atoms with Crippen molar-refractivity contribution in [2.45, 2.75) is 17.4 Å². The largest absolute Gasteiger partial charge is 0.492 e. The highest BCUT2D eigenvalue weighted by Crippen LogP contribution is 2.38. The van der Waals surface area contributed by atoms with Crippen LogP contribution in [0.15, 0.2) is 17.0 Å². The highest BCUT2D eigenvalue weighted by molar-refractivity contribution is 7.89. The molecule has 0 saturated carbocycles. The van der Waals surface area contributed by atoms with Gasteiger partial charge in [-0.1, -0.05) is 11.6 Å². The number of halogens is 1. The number of fused-ring (bicyclic) bond motifs is 1. The van der Waals surface area contributed by atoms with Gasteiger partial charge in [-0.3, -0.25) is 0 Å². The van der Waals surface area contributed by atoms with Crippen LogP contribution in [0.5, 0.6) is 5.75 Å². The monoisotopic (exact) mass is 276 g/mol. The number of hydrogen-bond donors (Lipinski definition) is 2. The van der Waals surface area contributed by atoms with Gasteiger partial charge in [-0.25, -0.2) is 13.1 Å². The zero-order chi connectivity index (χ0) is 12.6. The van der Waals surface area contributed by atoms with E-state index in [0.717, 1.165) is 0 Å². The lowest BCUT2D eigenvalue weighted by molar-refractivity contribution is 0.269. The molecule has 1 aromatic carbocycles. The van der Waals surface area contributed by atoms with Crippen molar-refractivity contribution in [3.63, 3.8) is 0 Å². The third-order valence-electron chi connectivity index (χ3n) is 2.70. The fourth-order valence-corrected chi connectivity index (χ4v) is 2.87. The third kappa shape index (κ3) is 2.26. The van der Waals surface area contributed by atoms with E-state index in [-0.39, 0.29) is 16.0 Å². The van der Waals surface area contributed by atoms with Crippen LogP contribution in [0.3, 0.4) is 0 Å². The van der Waals surface area contributed by atoms with Gasteiger partial charge in [0, 0.05) is 18.0 Å². The molecule has 5 nitrogen and oxygen atoms in total. The van der Waals surface area contributed by atoms with Crippen LogP contribution in [0.4, 0.5) is 0 Å². The molecule has 7 heteroatoms. The van der Waals surface area contributed by atoms with E-state index in [1.807, 2.05) is 0 Å². The molecule has 0 saturated heterocycles. The molecule has 1 aliphatic heterocycles. The Bertz CT molecular complexity index is 545. The molecule has 0 radical (unpaired) electrons. The van der Waals surface area contributed by atoms with Gasteiger partial charge in [0.05, 0.1) is 16.5 Å². The molecule has 0 fully saturated rings. The second kappa shape index (κ2) is 4.45. The summed E-state index contributed by atoms with van der Waals surface area (Å²) in [5.41, 5.74) is 6.55. The van der Waals surface area contributed by atoms with Crippen molar-refractivity contribution in [3.8, 4) is 5.75 Å². The predicted octanol–water partition coefficient (Wildman–Crippen LogP) is 1.03. The summed E-state index contributed by atoms with van der Waals surface area (Å²) in [6.07, 6.45) is 0.645. The topological polar surface area (TPSA) is 81.4 Å². The van der Waals surface area contributed by atoms with E-state index in [2.05, 4.69) is 4.72 Å². The summed E-state index contributed by atoms with van der Waals surface area (Å²) >= 11 is 6.00. The Morgan fingerprint density at radius 1 is 1.53 bits per heavy atom. The number of sulfonamides is 1. The summed E-state index contributed by atoms with van der Waals surface area (Å²) in [6, 6.07) is 2.63. The summed E-state index contributed by atoms with van der Waals surface area (Å²) in [6.45, 7) is 0.492. The van der Waals surface area contributed by atoms with Crippen LogP contribution in [0.25, 0.3) is 0 Å². The smallest absolute Gasteiger partial charge is 0.240 e. The van der Waals surface area contributed by atoms with Crippen molar-refractivity contribution in [3.05, 3.63) is 22.7 Å². The average Bonchev–Trinajstić information content (AvgIpc) is 2.30. The van der Waals surface area contributed by atoms with Gasteiger partial charge in [0.15, 0.2) is 0 Å². The van der Waals surface area contributed by atoms with Gasteiger partial charge in [-0.05, 0) is 19.2 Å². The number of nitrogens with two attached hydrogens (primary N) is 1. The fraction of sp³-hybridized carbons (Fsp3) is 0.400. The lowest BCUT2D eigenvalue weighted by Crippen LogP contribution is -2.23.